The summed E-state index contributed by atoms with van der Waals surface area (Å²) < 4.78 is 0. The summed E-state index contributed by atoms with van der Waals surface area (Å²) >= 11 is 0. The van der Waals surface area contributed by atoms with Crippen LogP contribution in [0.1, 0.15) is 53.9 Å². The molecule has 0 aromatic rings. The molecule has 1 aliphatic carbocycles. The van der Waals surface area contributed by atoms with Crippen molar-refractivity contribution in [2.24, 2.45) is 11.3 Å². The first-order valence-electron chi connectivity index (χ1n) is 9.00. The fraction of sp³-hybridized carbons (Fsp3) is 1.00. The number of rotatable bonds is 3. The molecule has 1 saturated carbocycles. The van der Waals surface area contributed by atoms with E-state index in [0.29, 0.717) is 17.5 Å². The Bertz CT molecular complexity index is 323. The molecule has 0 amide bonds. The van der Waals surface area contributed by atoms with Crippen molar-refractivity contribution in [2.75, 3.05) is 33.2 Å². The van der Waals surface area contributed by atoms with Gasteiger partial charge in [0.05, 0.1) is 0 Å². The van der Waals surface area contributed by atoms with Crippen molar-refractivity contribution in [3.8, 4) is 0 Å². The molecule has 0 aromatic carbocycles. The normalized spacial score (nSPS) is 36.9. The molecule has 4 unspecified atom stereocenters. The summed E-state index contributed by atoms with van der Waals surface area (Å²) in [5.74, 6) is 0.868. The van der Waals surface area contributed by atoms with Gasteiger partial charge in [0, 0.05) is 37.8 Å². The minimum absolute atomic E-state index is 0.452. The van der Waals surface area contributed by atoms with Crippen molar-refractivity contribution in [3.63, 3.8) is 0 Å². The van der Waals surface area contributed by atoms with E-state index in [1.165, 1.54) is 38.9 Å². The highest BCUT2D eigenvalue weighted by Gasteiger charge is 2.39. The Morgan fingerprint density at radius 3 is 2.43 bits per heavy atom. The fourth-order valence-corrected chi connectivity index (χ4v) is 4.21. The van der Waals surface area contributed by atoms with Crippen LogP contribution in [0.25, 0.3) is 0 Å². The number of hydrogen-bond acceptors (Lipinski definition) is 3. The molecule has 1 heterocycles. The number of piperazine rings is 1. The lowest BCUT2D eigenvalue weighted by atomic mass is 9.69. The summed E-state index contributed by atoms with van der Waals surface area (Å²) in [6.07, 6.45) is 4.11. The minimum Gasteiger partial charge on any atom is -0.313 e. The molecule has 2 fully saturated rings. The molecular formula is C18H37N3. The smallest absolute Gasteiger partial charge is 0.0253 e. The molecule has 0 bridgehead atoms. The van der Waals surface area contributed by atoms with Gasteiger partial charge in [-0.1, -0.05) is 27.7 Å². The average molecular weight is 296 g/mol. The monoisotopic (exact) mass is 295 g/mol. The Hall–Kier alpha value is -0.120. The Labute approximate surface area is 132 Å². The molecular weight excluding hydrogens is 258 g/mol. The Morgan fingerprint density at radius 1 is 1.14 bits per heavy atom. The van der Waals surface area contributed by atoms with Gasteiger partial charge in [0.25, 0.3) is 0 Å². The van der Waals surface area contributed by atoms with Gasteiger partial charge < -0.3 is 10.2 Å². The van der Waals surface area contributed by atoms with Crippen LogP contribution in [0, 0.1) is 11.3 Å². The van der Waals surface area contributed by atoms with Crippen molar-refractivity contribution in [1.29, 1.82) is 0 Å². The van der Waals surface area contributed by atoms with Crippen LogP contribution in [-0.4, -0.2) is 61.2 Å². The van der Waals surface area contributed by atoms with Crippen molar-refractivity contribution in [3.05, 3.63) is 0 Å². The highest BCUT2D eigenvalue weighted by atomic mass is 15.3. The van der Waals surface area contributed by atoms with Crippen molar-refractivity contribution >= 4 is 0 Å². The number of nitrogens with zero attached hydrogens (tertiary/aromatic N) is 2. The third-order valence-corrected chi connectivity index (χ3v) is 5.97. The first-order valence-corrected chi connectivity index (χ1v) is 9.00. The van der Waals surface area contributed by atoms with Crippen LogP contribution in [0.2, 0.25) is 0 Å². The largest absolute Gasteiger partial charge is 0.313 e. The molecule has 1 saturated heterocycles. The van der Waals surface area contributed by atoms with Crippen molar-refractivity contribution in [1.82, 2.24) is 15.1 Å². The molecule has 4 atom stereocenters. The summed E-state index contributed by atoms with van der Waals surface area (Å²) in [6, 6.07) is 2.12. The first-order chi connectivity index (χ1) is 9.82. The van der Waals surface area contributed by atoms with Crippen LogP contribution in [0.4, 0.5) is 0 Å². The zero-order valence-corrected chi connectivity index (χ0v) is 15.2. The number of nitrogens with one attached hydrogen (secondary N) is 1. The van der Waals surface area contributed by atoms with Crippen LogP contribution in [-0.2, 0) is 0 Å². The standard InChI is InChI=1S/C18H37N3/c1-7-19-16-9-8-15(18(3,4)5)12-17(16)21-11-10-20(6)14(2)13-21/h14-17,19H,7-13H2,1-6H3. The Balaban J connectivity index is 2.07. The van der Waals surface area contributed by atoms with E-state index in [-0.39, 0.29) is 0 Å². The Morgan fingerprint density at radius 2 is 1.86 bits per heavy atom. The SMILES string of the molecule is CCNC1CCC(C(C)(C)C)CC1N1CCN(C)C(C)C1. The van der Waals surface area contributed by atoms with Gasteiger partial charge in [-0.15, -0.1) is 0 Å². The van der Waals surface area contributed by atoms with E-state index in [1.807, 2.05) is 0 Å². The van der Waals surface area contributed by atoms with E-state index in [2.05, 4.69) is 56.8 Å². The molecule has 1 aliphatic heterocycles. The second kappa shape index (κ2) is 6.97. The summed E-state index contributed by atoms with van der Waals surface area (Å²) in [5.41, 5.74) is 0.452. The fourth-order valence-electron chi connectivity index (χ4n) is 4.21. The highest BCUT2D eigenvalue weighted by molar-refractivity contribution is 4.96. The van der Waals surface area contributed by atoms with Gasteiger partial charge in [0.15, 0.2) is 0 Å². The zero-order valence-electron chi connectivity index (χ0n) is 15.2. The van der Waals surface area contributed by atoms with Crippen LogP contribution >= 0.6 is 0 Å². The lowest BCUT2D eigenvalue weighted by Crippen LogP contribution is -2.60. The molecule has 2 rings (SSSR count). The number of likely N-dealkylation sites (N-methyl/N-ethyl adjacent to an activating group) is 2. The average Bonchev–Trinajstić information content (AvgIpc) is 2.41. The molecule has 0 spiro atoms. The van der Waals surface area contributed by atoms with Crippen molar-refractivity contribution in [2.45, 2.75) is 72.0 Å². The molecule has 1 N–H and O–H groups in total. The Kier molecular flexibility index (Phi) is 5.72. The first kappa shape index (κ1) is 17.2. The van der Waals surface area contributed by atoms with Gasteiger partial charge in [-0.25, -0.2) is 0 Å². The summed E-state index contributed by atoms with van der Waals surface area (Å²) in [5, 5.41) is 3.77. The maximum atomic E-state index is 3.77. The van der Waals surface area contributed by atoms with Crippen LogP contribution < -0.4 is 5.32 Å². The lowest BCUT2D eigenvalue weighted by molar-refractivity contribution is 0.0143. The topological polar surface area (TPSA) is 18.5 Å². The van der Waals surface area contributed by atoms with Crippen LogP contribution in [0.15, 0.2) is 0 Å². The molecule has 0 radical (unpaired) electrons. The zero-order chi connectivity index (χ0) is 15.6. The molecule has 3 nitrogen and oxygen atoms in total. The van der Waals surface area contributed by atoms with Crippen LogP contribution in [0.5, 0.6) is 0 Å². The third-order valence-electron chi connectivity index (χ3n) is 5.97. The minimum atomic E-state index is 0.452. The van der Waals surface area contributed by atoms with E-state index in [4.69, 9.17) is 0 Å². The van der Waals surface area contributed by atoms with Gasteiger partial charge in [0.2, 0.25) is 0 Å². The second-order valence-electron chi connectivity index (χ2n) is 8.43. The van der Waals surface area contributed by atoms with Gasteiger partial charge in [-0.3, -0.25) is 4.90 Å². The number of hydrogen-bond donors (Lipinski definition) is 1. The summed E-state index contributed by atoms with van der Waals surface area (Å²) in [7, 11) is 2.27. The van der Waals surface area contributed by atoms with Gasteiger partial charge in [-0.2, -0.15) is 0 Å². The maximum Gasteiger partial charge on any atom is 0.0253 e. The van der Waals surface area contributed by atoms with Crippen LogP contribution in [0.3, 0.4) is 0 Å². The quantitative estimate of drug-likeness (QED) is 0.864. The third kappa shape index (κ3) is 4.20. The summed E-state index contributed by atoms with van der Waals surface area (Å²) in [6.45, 7) is 16.7. The van der Waals surface area contributed by atoms with E-state index in [0.717, 1.165) is 18.5 Å². The van der Waals surface area contributed by atoms with E-state index in [9.17, 15) is 0 Å². The predicted octanol–water partition coefficient (Wildman–Crippen LogP) is 2.82. The van der Waals surface area contributed by atoms with Gasteiger partial charge in [-0.05, 0) is 51.1 Å². The highest BCUT2D eigenvalue weighted by Crippen LogP contribution is 2.39. The van der Waals surface area contributed by atoms with Gasteiger partial charge >= 0.3 is 0 Å². The second-order valence-corrected chi connectivity index (χ2v) is 8.43. The molecule has 3 heteroatoms. The van der Waals surface area contributed by atoms with Gasteiger partial charge in [0.1, 0.15) is 0 Å². The molecule has 0 aromatic heterocycles. The van der Waals surface area contributed by atoms with E-state index < -0.39 is 0 Å². The van der Waals surface area contributed by atoms with E-state index in [1.54, 1.807) is 0 Å². The molecule has 124 valence electrons. The summed E-state index contributed by atoms with van der Waals surface area (Å²) in [4.78, 5) is 5.29. The maximum absolute atomic E-state index is 3.77. The lowest BCUT2D eigenvalue weighted by Gasteiger charge is -2.49. The molecule has 21 heavy (non-hydrogen) atoms. The molecule has 2 aliphatic rings. The predicted molar refractivity (Wildman–Crippen MR) is 91.7 cm³/mol. The van der Waals surface area contributed by atoms with E-state index >= 15 is 0 Å². The van der Waals surface area contributed by atoms with Crippen molar-refractivity contribution < 1.29 is 0 Å².